The molecule has 2 aromatic rings. The Bertz CT molecular complexity index is 929. The predicted molar refractivity (Wildman–Crippen MR) is 105 cm³/mol. The predicted octanol–water partition coefficient (Wildman–Crippen LogP) is 3.98. The first-order valence-electron chi connectivity index (χ1n) is 9.72. The molecule has 5 nitrogen and oxygen atoms in total. The van der Waals surface area contributed by atoms with Gasteiger partial charge in [-0.2, -0.15) is 0 Å². The fourth-order valence-electron chi connectivity index (χ4n) is 4.29. The molecule has 1 atom stereocenters. The first-order valence-corrected chi connectivity index (χ1v) is 9.72. The molecule has 2 aliphatic rings. The van der Waals surface area contributed by atoms with Gasteiger partial charge in [-0.25, -0.2) is 0 Å². The summed E-state index contributed by atoms with van der Waals surface area (Å²) in [6.07, 6.45) is 3.44. The van der Waals surface area contributed by atoms with Gasteiger partial charge in [-0.05, 0) is 49.1 Å². The molecule has 0 bridgehead atoms. The molecule has 1 aliphatic carbocycles. The van der Waals surface area contributed by atoms with Gasteiger partial charge in [0, 0.05) is 11.3 Å². The average molecular weight is 377 g/mol. The summed E-state index contributed by atoms with van der Waals surface area (Å²) in [5.74, 6) is -0.943. The van der Waals surface area contributed by atoms with Crippen molar-refractivity contribution in [1.29, 1.82) is 0 Å². The number of esters is 1. The van der Waals surface area contributed by atoms with Gasteiger partial charge in [-0.15, -0.1) is 0 Å². The van der Waals surface area contributed by atoms with Crippen LogP contribution in [0.2, 0.25) is 0 Å². The smallest absolute Gasteiger partial charge is 0.317 e. The molecule has 1 saturated carbocycles. The number of ketones is 1. The zero-order valence-corrected chi connectivity index (χ0v) is 15.9. The van der Waals surface area contributed by atoms with E-state index in [1.54, 1.807) is 25.1 Å². The number of rotatable bonds is 5. The van der Waals surface area contributed by atoms with Crippen molar-refractivity contribution in [3.8, 4) is 0 Å². The highest BCUT2D eigenvalue weighted by atomic mass is 16.5. The monoisotopic (exact) mass is 377 g/mol. The number of anilines is 1. The number of hydrogen-bond donors (Lipinski definition) is 1. The zero-order valence-electron chi connectivity index (χ0n) is 15.9. The van der Waals surface area contributed by atoms with Crippen molar-refractivity contribution in [2.75, 3.05) is 11.9 Å². The summed E-state index contributed by atoms with van der Waals surface area (Å²) in [7, 11) is 0. The molecule has 0 unspecified atom stereocenters. The van der Waals surface area contributed by atoms with Gasteiger partial charge < -0.3 is 10.1 Å². The van der Waals surface area contributed by atoms with E-state index in [0.29, 0.717) is 5.56 Å². The largest absolute Gasteiger partial charge is 0.457 e. The molecule has 0 radical (unpaired) electrons. The van der Waals surface area contributed by atoms with E-state index in [9.17, 15) is 14.4 Å². The van der Waals surface area contributed by atoms with Gasteiger partial charge in [0.25, 0.3) is 0 Å². The maximum absolute atomic E-state index is 13.0. The van der Waals surface area contributed by atoms with Crippen molar-refractivity contribution in [3.63, 3.8) is 0 Å². The molecule has 0 aromatic heterocycles. The van der Waals surface area contributed by atoms with Gasteiger partial charge in [-0.3, -0.25) is 14.4 Å². The molecule has 0 saturated heterocycles. The fourth-order valence-corrected chi connectivity index (χ4v) is 4.29. The zero-order chi connectivity index (χ0) is 19.7. The standard InChI is InChI=1S/C23H23NO4/c1-15-18-13-16(9-10-19(18)24-21(15)26)20(25)14-28-22(27)23(11-5-6-12-23)17-7-3-2-4-8-17/h2-4,7-10,13,15H,5-6,11-12,14H2,1H3,(H,24,26)/t15-/m1/s1. The fraction of sp³-hybridized carbons (Fsp3) is 0.348. The van der Waals surface area contributed by atoms with E-state index < -0.39 is 5.41 Å². The molecule has 144 valence electrons. The summed E-state index contributed by atoms with van der Waals surface area (Å²) in [4.78, 5) is 37.3. The van der Waals surface area contributed by atoms with Crippen molar-refractivity contribution < 1.29 is 19.1 Å². The lowest BCUT2D eigenvalue weighted by Crippen LogP contribution is -2.35. The molecule has 1 aliphatic heterocycles. The van der Waals surface area contributed by atoms with Crippen LogP contribution in [0.15, 0.2) is 48.5 Å². The molecule has 1 fully saturated rings. The number of nitrogens with one attached hydrogen (secondary N) is 1. The van der Waals surface area contributed by atoms with Gasteiger partial charge in [0.1, 0.15) is 0 Å². The van der Waals surface area contributed by atoms with Crippen LogP contribution in [0.4, 0.5) is 5.69 Å². The normalized spacial score (nSPS) is 19.8. The van der Waals surface area contributed by atoms with E-state index in [1.807, 2.05) is 30.3 Å². The minimum atomic E-state index is -0.648. The Balaban J connectivity index is 1.48. The Hall–Kier alpha value is -2.95. The van der Waals surface area contributed by atoms with Crippen LogP contribution in [0.25, 0.3) is 0 Å². The van der Waals surface area contributed by atoms with Crippen LogP contribution in [0.5, 0.6) is 0 Å². The second-order valence-electron chi connectivity index (χ2n) is 7.67. The van der Waals surface area contributed by atoms with Gasteiger partial charge in [0.2, 0.25) is 5.91 Å². The van der Waals surface area contributed by atoms with Gasteiger partial charge in [0.15, 0.2) is 12.4 Å². The number of Topliss-reactive ketones (excluding diaryl/α,β-unsaturated/α-hetero) is 1. The molecule has 5 heteroatoms. The maximum atomic E-state index is 13.0. The van der Waals surface area contributed by atoms with E-state index in [1.165, 1.54) is 0 Å². The van der Waals surface area contributed by atoms with Gasteiger partial charge in [-0.1, -0.05) is 43.2 Å². The summed E-state index contributed by atoms with van der Waals surface area (Å²) in [6, 6.07) is 14.8. The van der Waals surface area contributed by atoms with Crippen LogP contribution in [0, 0.1) is 0 Å². The first-order chi connectivity index (χ1) is 13.5. The first kappa shape index (κ1) is 18.4. The van der Waals surface area contributed by atoms with Crippen LogP contribution < -0.4 is 5.32 Å². The van der Waals surface area contributed by atoms with Crippen LogP contribution >= 0.6 is 0 Å². The summed E-state index contributed by atoms with van der Waals surface area (Å²) in [5, 5.41) is 2.79. The molecule has 1 heterocycles. The van der Waals surface area contributed by atoms with E-state index in [4.69, 9.17) is 4.74 Å². The van der Waals surface area contributed by atoms with E-state index in [2.05, 4.69) is 5.32 Å². The Morgan fingerprint density at radius 2 is 1.82 bits per heavy atom. The third-order valence-corrected chi connectivity index (χ3v) is 6.00. The van der Waals surface area contributed by atoms with Crippen LogP contribution in [0.1, 0.15) is 60.0 Å². The number of carbonyl (C=O) groups excluding carboxylic acids is 3. The molecular formula is C23H23NO4. The summed E-state index contributed by atoms with van der Waals surface area (Å²) < 4.78 is 5.50. The van der Waals surface area contributed by atoms with E-state index >= 15 is 0 Å². The molecule has 28 heavy (non-hydrogen) atoms. The van der Waals surface area contributed by atoms with Crippen LogP contribution in [-0.2, 0) is 19.7 Å². The Kier molecular flexibility index (Phi) is 4.75. The lowest BCUT2D eigenvalue weighted by atomic mass is 9.79. The van der Waals surface area contributed by atoms with Crippen molar-refractivity contribution >= 4 is 23.3 Å². The van der Waals surface area contributed by atoms with E-state index in [-0.39, 0.29) is 30.2 Å². The lowest BCUT2D eigenvalue weighted by molar-refractivity contribution is -0.149. The molecule has 0 spiro atoms. The van der Waals surface area contributed by atoms with Gasteiger partial charge in [0.05, 0.1) is 11.3 Å². The summed E-state index contributed by atoms with van der Waals surface area (Å²) in [6.45, 7) is 1.51. The number of benzene rings is 2. The average Bonchev–Trinajstić information content (AvgIpc) is 3.33. The van der Waals surface area contributed by atoms with Crippen LogP contribution in [0.3, 0.4) is 0 Å². The highest BCUT2D eigenvalue weighted by Crippen LogP contribution is 2.42. The second kappa shape index (κ2) is 7.23. The quantitative estimate of drug-likeness (QED) is 0.632. The highest BCUT2D eigenvalue weighted by molar-refractivity contribution is 6.05. The summed E-state index contributed by atoms with van der Waals surface area (Å²) >= 11 is 0. The van der Waals surface area contributed by atoms with Crippen molar-refractivity contribution in [2.45, 2.75) is 43.9 Å². The third-order valence-electron chi connectivity index (χ3n) is 6.00. The van der Waals surface area contributed by atoms with E-state index in [0.717, 1.165) is 42.5 Å². The Labute approximate surface area is 164 Å². The molecular weight excluding hydrogens is 354 g/mol. The number of hydrogen-bond acceptors (Lipinski definition) is 4. The topological polar surface area (TPSA) is 72.5 Å². The Morgan fingerprint density at radius 1 is 1.11 bits per heavy atom. The number of ether oxygens (including phenoxy) is 1. The summed E-state index contributed by atoms with van der Waals surface area (Å²) in [5.41, 5.74) is 2.30. The minimum Gasteiger partial charge on any atom is -0.457 e. The molecule has 1 amide bonds. The minimum absolute atomic E-state index is 0.0722. The van der Waals surface area contributed by atoms with Gasteiger partial charge >= 0.3 is 5.97 Å². The van der Waals surface area contributed by atoms with Crippen molar-refractivity contribution in [3.05, 3.63) is 65.2 Å². The van der Waals surface area contributed by atoms with Crippen LogP contribution in [-0.4, -0.2) is 24.3 Å². The van der Waals surface area contributed by atoms with Crippen molar-refractivity contribution in [1.82, 2.24) is 0 Å². The third kappa shape index (κ3) is 3.11. The van der Waals surface area contributed by atoms with Crippen molar-refractivity contribution in [2.24, 2.45) is 0 Å². The highest BCUT2D eigenvalue weighted by Gasteiger charge is 2.44. The lowest BCUT2D eigenvalue weighted by Gasteiger charge is -2.27. The second-order valence-corrected chi connectivity index (χ2v) is 7.67. The number of fused-ring (bicyclic) bond motifs is 1. The molecule has 2 aromatic carbocycles. The number of amides is 1. The Morgan fingerprint density at radius 3 is 2.54 bits per heavy atom. The SMILES string of the molecule is C[C@H]1C(=O)Nc2ccc(C(=O)COC(=O)C3(c4ccccc4)CCCC3)cc21. The maximum Gasteiger partial charge on any atom is 0.317 e. The number of carbonyl (C=O) groups is 3. The molecule has 1 N–H and O–H groups in total. The molecule has 4 rings (SSSR count).